The van der Waals surface area contributed by atoms with Gasteiger partial charge >= 0.3 is 0 Å². The van der Waals surface area contributed by atoms with Crippen LogP contribution >= 0.6 is 0 Å². The van der Waals surface area contributed by atoms with Crippen molar-refractivity contribution in [3.05, 3.63) is 12.0 Å². The molecule has 86 valence electrons. The molecule has 1 unspecified atom stereocenters. The van der Waals surface area contributed by atoms with Crippen LogP contribution in [0.5, 0.6) is 0 Å². The third-order valence-corrected chi connectivity index (χ3v) is 2.89. The fourth-order valence-electron chi connectivity index (χ4n) is 1.91. The van der Waals surface area contributed by atoms with E-state index in [2.05, 4.69) is 34.0 Å². The normalized spacial score (nSPS) is 13.1. The van der Waals surface area contributed by atoms with E-state index in [0.717, 1.165) is 17.5 Å². The number of hydrogen-bond donors (Lipinski definition) is 2. The largest absolute Gasteiger partial charge is 0.383 e. The van der Waals surface area contributed by atoms with E-state index < -0.39 is 0 Å². The summed E-state index contributed by atoms with van der Waals surface area (Å²) in [6, 6.07) is 0. The van der Waals surface area contributed by atoms with Crippen molar-refractivity contribution in [2.45, 2.75) is 39.0 Å². The highest BCUT2D eigenvalue weighted by atomic mass is 15.2. The molecule has 0 aromatic carbocycles. The summed E-state index contributed by atoms with van der Waals surface area (Å²) in [7, 11) is 0. The number of H-pyrrole nitrogens is 1. The molecule has 0 amide bonds. The lowest BCUT2D eigenvalue weighted by molar-refractivity contribution is 0.612. The van der Waals surface area contributed by atoms with Gasteiger partial charge in [0.25, 0.3) is 0 Å². The molecular weight excluding hydrogens is 202 g/mol. The van der Waals surface area contributed by atoms with Crippen molar-refractivity contribution < 1.29 is 0 Å². The molecule has 0 aliphatic rings. The molecule has 0 saturated carbocycles. The summed E-state index contributed by atoms with van der Waals surface area (Å²) < 4.78 is 0. The number of aromatic nitrogens is 4. The molecule has 5 nitrogen and oxygen atoms in total. The van der Waals surface area contributed by atoms with E-state index in [9.17, 15) is 0 Å². The molecule has 0 fully saturated rings. The third-order valence-electron chi connectivity index (χ3n) is 2.89. The van der Waals surface area contributed by atoms with Crippen molar-refractivity contribution >= 4 is 16.9 Å². The number of anilines is 1. The number of nitrogens with zero attached hydrogens (tertiary/aromatic N) is 3. The molecule has 2 aromatic heterocycles. The SMILES string of the molecule is CCCCC(C)c1[nH]nc2ncnc(N)c12. The molecular formula is C11H17N5. The van der Waals surface area contributed by atoms with E-state index in [1.54, 1.807) is 0 Å². The first-order chi connectivity index (χ1) is 7.74. The predicted octanol–water partition coefficient (Wildman–Crippen LogP) is 2.23. The number of unbranched alkanes of at least 4 members (excludes halogenated alkanes) is 1. The van der Waals surface area contributed by atoms with Crippen LogP contribution in [0.4, 0.5) is 5.82 Å². The molecule has 3 N–H and O–H groups in total. The zero-order valence-corrected chi connectivity index (χ0v) is 9.70. The Bertz CT molecular complexity index is 476. The Morgan fingerprint density at radius 1 is 1.44 bits per heavy atom. The first-order valence-corrected chi connectivity index (χ1v) is 5.68. The summed E-state index contributed by atoms with van der Waals surface area (Å²) in [6.45, 7) is 4.37. The lowest BCUT2D eigenvalue weighted by Gasteiger charge is -2.09. The van der Waals surface area contributed by atoms with Crippen molar-refractivity contribution in [2.75, 3.05) is 5.73 Å². The Balaban J connectivity index is 2.37. The van der Waals surface area contributed by atoms with E-state index in [-0.39, 0.29) is 0 Å². The number of rotatable bonds is 4. The number of nitrogen functional groups attached to an aromatic ring is 1. The second-order valence-corrected chi connectivity index (χ2v) is 4.14. The minimum Gasteiger partial charge on any atom is -0.383 e. The fraction of sp³-hybridized carbons (Fsp3) is 0.545. The summed E-state index contributed by atoms with van der Waals surface area (Å²) in [6.07, 6.45) is 4.97. The van der Waals surface area contributed by atoms with Crippen LogP contribution in [0.2, 0.25) is 0 Å². The summed E-state index contributed by atoms with van der Waals surface area (Å²) in [5.74, 6) is 0.926. The minimum absolute atomic E-state index is 0.415. The maximum Gasteiger partial charge on any atom is 0.186 e. The van der Waals surface area contributed by atoms with Gasteiger partial charge in [0.1, 0.15) is 12.1 Å². The Morgan fingerprint density at radius 3 is 3.00 bits per heavy atom. The van der Waals surface area contributed by atoms with E-state index in [1.165, 1.54) is 19.2 Å². The standard InChI is InChI=1S/C11H17N5/c1-3-4-5-7(2)9-8-10(12)13-6-14-11(8)16-15-9/h6-7H,3-5H2,1-2H3,(H3,12,13,14,15,16). The van der Waals surface area contributed by atoms with Gasteiger partial charge in [0.2, 0.25) is 0 Å². The molecule has 2 rings (SSSR count). The van der Waals surface area contributed by atoms with Gasteiger partial charge in [0.15, 0.2) is 5.65 Å². The lowest BCUT2D eigenvalue weighted by Crippen LogP contribution is -1.98. The monoisotopic (exact) mass is 219 g/mol. The number of hydrogen-bond acceptors (Lipinski definition) is 4. The Hall–Kier alpha value is -1.65. The summed E-state index contributed by atoms with van der Waals surface area (Å²) >= 11 is 0. The van der Waals surface area contributed by atoms with Crippen molar-refractivity contribution in [3.8, 4) is 0 Å². The molecule has 5 heteroatoms. The van der Waals surface area contributed by atoms with Crippen LogP contribution in [0.3, 0.4) is 0 Å². The first kappa shape index (κ1) is 10.9. The highest BCUT2D eigenvalue weighted by molar-refractivity contribution is 5.87. The van der Waals surface area contributed by atoms with Crippen molar-refractivity contribution in [2.24, 2.45) is 0 Å². The average Bonchev–Trinajstić information content (AvgIpc) is 2.71. The molecule has 0 aliphatic heterocycles. The van der Waals surface area contributed by atoms with Gasteiger partial charge in [0, 0.05) is 0 Å². The van der Waals surface area contributed by atoms with E-state index in [1.807, 2.05) is 0 Å². The molecule has 0 spiro atoms. The second-order valence-electron chi connectivity index (χ2n) is 4.14. The van der Waals surface area contributed by atoms with Gasteiger partial charge in [-0.1, -0.05) is 26.7 Å². The summed E-state index contributed by atoms with van der Waals surface area (Å²) in [5.41, 5.74) is 7.57. The predicted molar refractivity (Wildman–Crippen MR) is 64.0 cm³/mol. The van der Waals surface area contributed by atoms with Crippen LogP contribution < -0.4 is 5.73 Å². The molecule has 2 aromatic rings. The summed E-state index contributed by atoms with van der Waals surface area (Å²) in [4.78, 5) is 8.10. The molecule has 0 saturated heterocycles. The van der Waals surface area contributed by atoms with Crippen LogP contribution in [0.15, 0.2) is 6.33 Å². The Morgan fingerprint density at radius 2 is 2.25 bits per heavy atom. The zero-order valence-electron chi connectivity index (χ0n) is 9.70. The fourth-order valence-corrected chi connectivity index (χ4v) is 1.91. The van der Waals surface area contributed by atoms with Crippen molar-refractivity contribution in [1.29, 1.82) is 0 Å². The number of nitrogens with two attached hydrogens (primary N) is 1. The van der Waals surface area contributed by atoms with Crippen LogP contribution in [-0.2, 0) is 0 Å². The van der Waals surface area contributed by atoms with Gasteiger partial charge in [0.05, 0.1) is 11.1 Å². The van der Waals surface area contributed by atoms with Crippen molar-refractivity contribution in [1.82, 2.24) is 20.2 Å². The first-order valence-electron chi connectivity index (χ1n) is 5.68. The van der Waals surface area contributed by atoms with Gasteiger partial charge in [-0.25, -0.2) is 9.97 Å². The zero-order chi connectivity index (χ0) is 11.5. The van der Waals surface area contributed by atoms with Gasteiger partial charge in [-0.05, 0) is 12.3 Å². The third kappa shape index (κ3) is 1.85. The van der Waals surface area contributed by atoms with Gasteiger partial charge in [-0.15, -0.1) is 0 Å². The highest BCUT2D eigenvalue weighted by Crippen LogP contribution is 2.28. The number of nitrogens with one attached hydrogen (secondary N) is 1. The van der Waals surface area contributed by atoms with Gasteiger partial charge < -0.3 is 5.73 Å². The smallest absolute Gasteiger partial charge is 0.186 e. The Kier molecular flexibility index (Phi) is 3.03. The van der Waals surface area contributed by atoms with Crippen LogP contribution in [0.1, 0.15) is 44.7 Å². The number of aromatic amines is 1. The second kappa shape index (κ2) is 4.47. The number of fused-ring (bicyclic) bond motifs is 1. The van der Waals surface area contributed by atoms with Crippen LogP contribution in [0.25, 0.3) is 11.0 Å². The molecule has 0 aliphatic carbocycles. The molecule has 1 atom stereocenters. The van der Waals surface area contributed by atoms with E-state index >= 15 is 0 Å². The summed E-state index contributed by atoms with van der Waals surface area (Å²) in [5, 5.41) is 8.06. The molecule has 16 heavy (non-hydrogen) atoms. The maximum absolute atomic E-state index is 5.86. The molecule has 0 bridgehead atoms. The van der Waals surface area contributed by atoms with Gasteiger partial charge in [-0.2, -0.15) is 5.10 Å². The minimum atomic E-state index is 0.415. The molecule has 0 radical (unpaired) electrons. The van der Waals surface area contributed by atoms with Crippen LogP contribution in [0, 0.1) is 0 Å². The lowest BCUT2D eigenvalue weighted by atomic mass is 9.99. The highest BCUT2D eigenvalue weighted by Gasteiger charge is 2.15. The van der Waals surface area contributed by atoms with Gasteiger partial charge in [-0.3, -0.25) is 5.10 Å². The topological polar surface area (TPSA) is 80.5 Å². The Labute approximate surface area is 94.5 Å². The molecule has 2 heterocycles. The van der Waals surface area contributed by atoms with E-state index in [0.29, 0.717) is 17.4 Å². The maximum atomic E-state index is 5.86. The van der Waals surface area contributed by atoms with E-state index in [4.69, 9.17) is 5.73 Å². The average molecular weight is 219 g/mol. The quantitative estimate of drug-likeness (QED) is 0.826. The van der Waals surface area contributed by atoms with Crippen LogP contribution in [-0.4, -0.2) is 20.2 Å². The van der Waals surface area contributed by atoms with Crippen molar-refractivity contribution in [3.63, 3.8) is 0 Å².